The summed E-state index contributed by atoms with van der Waals surface area (Å²) in [5.41, 5.74) is 7.35. The first-order valence-corrected chi connectivity index (χ1v) is 6.80. The monoisotopic (exact) mass is 283 g/mol. The topological polar surface area (TPSA) is 73.3 Å². The molecule has 3 rings (SSSR count). The van der Waals surface area contributed by atoms with Gasteiger partial charge < -0.3 is 15.6 Å². The first kappa shape index (κ1) is 13.5. The zero-order valence-electron chi connectivity index (χ0n) is 11.5. The number of fused-ring (bicyclic) bond motifs is 1. The van der Waals surface area contributed by atoms with Crippen LogP contribution in [0.4, 0.5) is 5.69 Å². The number of nitrogen functional groups attached to an aromatic ring is 1. The zero-order chi connectivity index (χ0) is 14.7. The Hall–Kier alpha value is -2.53. The number of anilines is 1. The first-order valence-electron chi connectivity index (χ1n) is 6.80. The summed E-state index contributed by atoms with van der Waals surface area (Å²) < 4.78 is 7.32. The molecule has 1 atom stereocenters. The number of hydrogen-bond donors (Lipinski definition) is 2. The van der Waals surface area contributed by atoms with Crippen molar-refractivity contribution in [1.82, 2.24) is 9.78 Å². The number of rotatable bonds is 5. The van der Waals surface area contributed by atoms with Crippen LogP contribution in [0.25, 0.3) is 10.9 Å². The van der Waals surface area contributed by atoms with Gasteiger partial charge in [-0.05, 0) is 18.2 Å². The molecule has 0 bridgehead atoms. The number of aromatic nitrogens is 2. The fraction of sp³-hybridized carbons (Fsp3) is 0.188. The van der Waals surface area contributed by atoms with Crippen LogP contribution in [0.15, 0.2) is 54.7 Å². The molecule has 0 aliphatic heterocycles. The van der Waals surface area contributed by atoms with Gasteiger partial charge in [0, 0.05) is 5.39 Å². The van der Waals surface area contributed by atoms with E-state index in [4.69, 9.17) is 10.5 Å². The van der Waals surface area contributed by atoms with Crippen molar-refractivity contribution in [3.05, 3.63) is 54.7 Å². The van der Waals surface area contributed by atoms with E-state index in [-0.39, 0.29) is 6.61 Å². The lowest BCUT2D eigenvalue weighted by Crippen LogP contribution is -2.24. The van der Waals surface area contributed by atoms with Crippen LogP contribution in [0.2, 0.25) is 0 Å². The number of nitrogens with zero attached hydrogens (tertiary/aromatic N) is 2. The van der Waals surface area contributed by atoms with Gasteiger partial charge in [0.15, 0.2) is 0 Å². The Morgan fingerprint density at radius 2 is 1.90 bits per heavy atom. The number of ether oxygens (including phenoxy) is 1. The molecule has 0 radical (unpaired) electrons. The fourth-order valence-electron chi connectivity index (χ4n) is 2.22. The third-order valence-electron chi connectivity index (χ3n) is 3.28. The Morgan fingerprint density at radius 3 is 2.76 bits per heavy atom. The number of para-hydroxylation sites is 3. The molecule has 0 spiro atoms. The molecule has 108 valence electrons. The number of aliphatic hydroxyl groups is 1. The summed E-state index contributed by atoms with van der Waals surface area (Å²) in [6.45, 7) is 0.544. The van der Waals surface area contributed by atoms with Gasteiger partial charge in [0.2, 0.25) is 0 Å². The molecule has 0 aliphatic carbocycles. The van der Waals surface area contributed by atoms with Gasteiger partial charge in [-0.3, -0.25) is 4.68 Å². The lowest BCUT2D eigenvalue weighted by molar-refractivity contribution is 0.0908. The standard InChI is InChI=1S/C16H17N3O2/c17-14-6-2-4-8-16(14)21-11-13(20)10-19-15-7-3-1-5-12(15)9-18-19/h1-9,13,20H,10-11,17H2. The SMILES string of the molecule is Nc1ccccc1OCC(O)Cn1ncc2ccccc21. The van der Waals surface area contributed by atoms with Crippen molar-refractivity contribution in [3.8, 4) is 5.75 Å². The Balaban J connectivity index is 1.64. The molecule has 3 N–H and O–H groups in total. The van der Waals surface area contributed by atoms with Gasteiger partial charge in [0.05, 0.1) is 23.9 Å². The molecule has 5 heteroatoms. The second-order valence-corrected chi connectivity index (χ2v) is 4.89. The molecule has 0 fully saturated rings. The van der Waals surface area contributed by atoms with Gasteiger partial charge >= 0.3 is 0 Å². The van der Waals surface area contributed by atoms with Crippen LogP contribution < -0.4 is 10.5 Å². The molecule has 2 aromatic carbocycles. The highest BCUT2D eigenvalue weighted by Gasteiger charge is 2.10. The van der Waals surface area contributed by atoms with Gasteiger partial charge in [0.1, 0.15) is 18.5 Å². The maximum atomic E-state index is 10.1. The highest BCUT2D eigenvalue weighted by atomic mass is 16.5. The normalized spacial score (nSPS) is 12.4. The van der Waals surface area contributed by atoms with Gasteiger partial charge in [-0.1, -0.05) is 30.3 Å². The molecule has 3 aromatic rings. The summed E-state index contributed by atoms with van der Waals surface area (Å²) in [4.78, 5) is 0. The maximum absolute atomic E-state index is 10.1. The van der Waals surface area contributed by atoms with Crippen LogP contribution in [0.5, 0.6) is 5.75 Å². The molecular formula is C16H17N3O2. The van der Waals surface area contributed by atoms with E-state index >= 15 is 0 Å². The highest BCUT2D eigenvalue weighted by molar-refractivity contribution is 5.78. The number of nitrogens with two attached hydrogens (primary N) is 1. The first-order chi connectivity index (χ1) is 10.2. The van der Waals surface area contributed by atoms with Crippen LogP contribution in [0.3, 0.4) is 0 Å². The smallest absolute Gasteiger partial charge is 0.142 e. The van der Waals surface area contributed by atoms with E-state index in [0.717, 1.165) is 10.9 Å². The van der Waals surface area contributed by atoms with Crippen molar-refractivity contribution in [1.29, 1.82) is 0 Å². The predicted molar refractivity (Wildman–Crippen MR) is 82.1 cm³/mol. The Bertz CT molecular complexity index is 739. The summed E-state index contributed by atoms with van der Waals surface area (Å²) in [6, 6.07) is 15.1. The molecule has 1 aromatic heterocycles. The van der Waals surface area contributed by atoms with Crippen molar-refractivity contribution in [2.24, 2.45) is 0 Å². The average molecular weight is 283 g/mol. The molecule has 0 amide bonds. The minimum absolute atomic E-state index is 0.169. The van der Waals surface area contributed by atoms with Gasteiger partial charge in [-0.25, -0.2) is 0 Å². The van der Waals surface area contributed by atoms with Crippen molar-refractivity contribution >= 4 is 16.6 Å². The predicted octanol–water partition coefficient (Wildman–Crippen LogP) is 2.06. The third kappa shape index (κ3) is 2.98. The molecule has 0 saturated heterocycles. The molecule has 21 heavy (non-hydrogen) atoms. The van der Waals surface area contributed by atoms with E-state index in [1.807, 2.05) is 36.4 Å². The van der Waals surface area contributed by atoms with E-state index < -0.39 is 6.10 Å². The van der Waals surface area contributed by atoms with Crippen LogP contribution in [-0.2, 0) is 6.54 Å². The summed E-state index contributed by atoms with van der Waals surface area (Å²) >= 11 is 0. The van der Waals surface area contributed by atoms with Gasteiger partial charge in [0.25, 0.3) is 0 Å². The minimum atomic E-state index is -0.659. The molecule has 1 heterocycles. The summed E-state index contributed by atoms with van der Waals surface area (Å²) in [6.07, 6.45) is 1.13. The van der Waals surface area contributed by atoms with E-state index in [2.05, 4.69) is 5.10 Å². The lowest BCUT2D eigenvalue weighted by atomic mass is 10.2. The molecular weight excluding hydrogens is 266 g/mol. The van der Waals surface area contributed by atoms with Gasteiger partial charge in [-0.15, -0.1) is 0 Å². The number of aliphatic hydroxyl groups excluding tert-OH is 1. The summed E-state index contributed by atoms with van der Waals surface area (Å²) in [7, 11) is 0. The third-order valence-corrected chi connectivity index (χ3v) is 3.28. The van der Waals surface area contributed by atoms with Crippen molar-refractivity contribution < 1.29 is 9.84 Å². The van der Waals surface area contributed by atoms with Crippen molar-refractivity contribution in [2.75, 3.05) is 12.3 Å². The van der Waals surface area contributed by atoms with Crippen LogP contribution in [-0.4, -0.2) is 27.6 Å². The molecule has 5 nitrogen and oxygen atoms in total. The second kappa shape index (κ2) is 5.85. The van der Waals surface area contributed by atoms with Crippen LogP contribution in [0.1, 0.15) is 0 Å². The molecule has 0 aliphatic rings. The van der Waals surface area contributed by atoms with E-state index in [0.29, 0.717) is 18.0 Å². The Morgan fingerprint density at radius 1 is 1.14 bits per heavy atom. The lowest BCUT2D eigenvalue weighted by Gasteiger charge is -2.14. The molecule has 0 saturated carbocycles. The molecule has 1 unspecified atom stereocenters. The zero-order valence-corrected chi connectivity index (χ0v) is 11.5. The quantitative estimate of drug-likeness (QED) is 0.703. The van der Waals surface area contributed by atoms with Crippen LogP contribution >= 0.6 is 0 Å². The second-order valence-electron chi connectivity index (χ2n) is 4.89. The number of hydrogen-bond acceptors (Lipinski definition) is 4. The van der Waals surface area contributed by atoms with E-state index in [9.17, 15) is 5.11 Å². The summed E-state index contributed by atoms with van der Waals surface area (Å²) in [5, 5.41) is 15.4. The van der Waals surface area contributed by atoms with Crippen molar-refractivity contribution in [3.63, 3.8) is 0 Å². The van der Waals surface area contributed by atoms with Crippen molar-refractivity contribution in [2.45, 2.75) is 12.6 Å². The van der Waals surface area contributed by atoms with Gasteiger partial charge in [-0.2, -0.15) is 5.10 Å². The average Bonchev–Trinajstić information content (AvgIpc) is 2.90. The summed E-state index contributed by atoms with van der Waals surface area (Å²) in [5.74, 6) is 0.585. The Labute approximate surface area is 122 Å². The van der Waals surface area contributed by atoms with E-state index in [1.54, 1.807) is 23.0 Å². The van der Waals surface area contributed by atoms with E-state index in [1.165, 1.54) is 0 Å². The number of benzene rings is 2. The highest BCUT2D eigenvalue weighted by Crippen LogP contribution is 2.20. The fourth-order valence-corrected chi connectivity index (χ4v) is 2.22. The Kier molecular flexibility index (Phi) is 3.75. The largest absolute Gasteiger partial charge is 0.489 e. The minimum Gasteiger partial charge on any atom is -0.489 e. The maximum Gasteiger partial charge on any atom is 0.142 e. The van der Waals surface area contributed by atoms with Crippen LogP contribution in [0, 0.1) is 0 Å².